The lowest BCUT2D eigenvalue weighted by molar-refractivity contribution is -0.121. The van der Waals surface area contributed by atoms with Crippen molar-refractivity contribution in [3.05, 3.63) is 18.1 Å². The average molecular weight is 306 g/mol. The highest BCUT2D eigenvalue weighted by molar-refractivity contribution is 5.35. The Morgan fingerprint density at radius 3 is 2.82 bits per heavy atom. The first-order valence-electron chi connectivity index (χ1n) is 8.19. The summed E-state index contributed by atoms with van der Waals surface area (Å²) in [7, 11) is 0. The SMILES string of the molecule is CCOC1CC(CNc2cc(C)ncn2)(N2CCOCC2)C1. The van der Waals surface area contributed by atoms with Gasteiger partial charge in [-0.3, -0.25) is 4.90 Å². The summed E-state index contributed by atoms with van der Waals surface area (Å²) in [5.74, 6) is 0.903. The third-order valence-electron chi connectivity index (χ3n) is 4.70. The third-order valence-corrected chi connectivity index (χ3v) is 4.70. The number of hydrogen-bond donors (Lipinski definition) is 1. The molecule has 0 unspecified atom stereocenters. The van der Waals surface area contributed by atoms with Crippen LogP contribution < -0.4 is 5.32 Å². The van der Waals surface area contributed by atoms with Gasteiger partial charge in [0.15, 0.2) is 0 Å². The van der Waals surface area contributed by atoms with Gasteiger partial charge in [0.25, 0.3) is 0 Å². The lowest BCUT2D eigenvalue weighted by Gasteiger charge is -2.55. The summed E-state index contributed by atoms with van der Waals surface area (Å²) in [6.07, 6.45) is 4.17. The third kappa shape index (κ3) is 3.39. The monoisotopic (exact) mass is 306 g/mol. The van der Waals surface area contributed by atoms with Crippen LogP contribution in [0.2, 0.25) is 0 Å². The number of morpholine rings is 1. The molecule has 0 aromatic carbocycles. The fourth-order valence-electron chi connectivity index (χ4n) is 3.50. The topological polar surface area (TPSA) is 59.5 Å². The minimum absolute atomic E-state index is 0.169. The van der Waals surface area contributed by atoms with Crippen molar-refractivity contribution in [2.75, 3.05) is 44.8 Å². The Bertz CT molecular complexity index is 485. The van der Waals surface area contributed by atoms with Gasteiger partial charge in [-0.05, 0) is 26.7 Å². The van der Waals surface area contributed by atoms with Crippen molar-refractivity contribution < 1.29 is 9.47 Å². The van der Waals surface area contributed by atoms with Gasteiger partial charge in [-0.2, -0.15) is 0 Å². The van der Waals surface area contributed by atoms with Gasteiger partial charge in [-0.15, -0.1) is 0 Å². The predicted octanol–water partition coefficient (Wildman–Crippen LogP) is 1.47. The van der Waals surface area contributed by atoms with E-state index in [-0.39, 0.29) is 5.54 Å². The van der Waals surface area contributed by atoms with Crippen LogP contribution in [0.5, 0.6) is 0 Å². The molecule has 122 valence electrons. The number of hydrogen-bond acceptors (Lipinski definition) is 6. The molecule has 6 nitrogen and oxygen atoms in total. The smallest absolute Gasteiger partial charge is 0.129 e. The molecule has 0 atom stereocenters. The molecule has 1 saturated heterocycles. The lowest BCUT2D eigenvalue weighted by Crippen LogP contribution is -2.65. The highest BCUT2D eigenvalue weighted by atomic mass is 16.5. The van der Waals surface area contributed by atoms with E-state index in [0.29, 0.717) is 6.10 Å². The molecule has 2 heterocycles. The summed E-state index contributed by atoms with van der Waals surface area (Å²) in [6.45, 7) is 9.40. The van der Waals surface area contributed by atoms with Crippen molar-refractivity contribution in [2.24, 2.45) is 0 Å². The molecule has 2 fully saturated rings. The molecule has 0 spiro atoms. The van der Waals surface area contributed by atoms with E-state index in [9.17, 15) is 0 Å². The van der Waals surface area contributed by atoms with Gasteiger partial charge in [-0.25, -0.2) is 9.97 Å². The molecule has 6 heteroatoms. The van der Waals surface area contributed by atoms with Crippen LogP contribution in [0.25, 0.3) is 0 Å². The Balaban J connectivity index is 1.64. The van der Waals surface area contributed by atoms with E-state index in [0.717, 1.165) is 63.8 Å². The first-order valence-corrected chi connectivity index (χ1v) is 8.19. The zero-order valence-electron chi connectivity index (χ0n) is 13.5. The zero-order valence-corrected chi connectivity index (χ0v) is 13.5. The van der Waals surface area contributed by atoms with Crippen molar-refractivity contribution in [3.63, 3.8) is 0 Å². The molecular formula is C16H26N4O2. The van der Waals surface area contributed by atoms with Gasteiger partial charge in [0.2, 0.25) is 0 Å². The molecule has 2 aliphatic rings. The number of nitrogens with one attached hydrogen (secondary N) is 1. The zero-order chi connectivity index (χ0) is 15.4. The quantitative estimate of drug-likeness (QED) is 0.859. The van der Waals surface area contributed by atoms with E-state index < -0.39 is 0 Å². The van der Waals surface area contributed by atoms with Crippen molar-refractivity contribution in [1.82, 2.24) is 14.9 Å². The molecule has 1 aliphatic carbocycles. The Labute approximate surface area is 132 Å². The maximum absolute atomic E-state index is 5.78. The number of ether oxygens (including phenoxy) is 2. The highest BCUT2D eigenvalue weighted by Gasteiger charge is 2.49. The van der Waals surface area contributed by atoms with Gasteiger partial charge in [0.05, 0.1) is 19.3 Å². The van der Waals surface area contributed by atoms with Crippen LogP contribution in [0.1, 0.15) is 25.5 Å². The molecule has 22 heavy (non-hydrogen) atoms. The van der Waals surface area contributed by atoms with Gasteiger partial charge >= 0.3 is 0 Å². The van der Waals surface area contributed by atoms with Gasteiger partial charge in [-0.1, -0.05) is 0 Å². The molecule has 0 bridgehead atoms. The van der Waals surface area contributed by atoms with Crippen molar-refractivity contribution in [2.45, 2.75) is 38.3 Å². The van der Waals surface area contributed by atoms with Crippen LogP contribution in [0.4, 0.5) is 5.82 Å². The Kier molecular flexibility index (Phi) is 4.90. The first kappa shape index (κ1) is 15.6. The average Bonchev–Trinajstić information content (AvgIpc) is 2.50. The first-order chi connectivity index (χ1) is 10.7. The second kappa shape index (κ2) is 6.89. The second-order valence-corrected chi connectivity index (χ2v) is 6.21. The molecule has 1 aliphatic heterocycles. The molecule has 0 amide bonds. The Morgan fingerprint density at radius 1 is 1.36 bits per heavy atom. The van der Waals surface area contributed by atoms with Crippen LogP contribution >= 0.6 is 0 Å². The summed E-state index contributed by atoms with van der Waals surface area (Å²) in [5.41, 5.74) is 1.15. The van der Waals surface area contributed by atoms with Crippen molar-refractivity contribution in [3.8, 4) is 0 Å². The molecule has 1 N–H and O–H groups in total. The van der Waals surface area contributed by atoms with Crippen LogP contribution in [-0.4, -0.2) is 66.0 Å². The standard InChI is InChI=1S/C16H26N4O2/c1-3-22-14-9-16(10-14,20-4-6-21-7-5-20)11-17-15-8-13(2)18-12-19-15/h8,12,14H,3-7,9-11H2,1-2H3,(H,17,18,19). The number of anilines is 1. The minimum atomic E-state index is 0.169. The maximum atomic E-state index is 5.78. The van der Waals surface area contributed by atoms with Crippen LogP contribution in [0.15, 0.2) is 12.4 Å². The molecule has 1 aromatic heterocycles. The van der Waals surface area contributed by atoms with Crippen molar-refractivity contribution >= 4 is 5.82 Å². The van der Waals surface area contributed by atoms with E-state index in [1.165, 1.54) is 0 Å². The second-order valence-electron chi connectivity index (χ2n) is 6.21. The van der Waals surface area contributed by atoms with Crippen LogP contribution in [0, 0.1) is 6.92 Å². The number of aromatic nitrogens is 2. The number of nitrogens with zero attached hydrogens (tertiary/aromatic N) is 3. The molecule has 3 rings (SSSR count). The van der Waals surface area contributed by atoms with E-state index in [1.807, 2.05) is 13.0 Å². The summed E-state index contributed by atoms with van der Waals surface area (Å²) < 4.78 is 11.3. The number of rotatable bonds is 6. The van der Waals surface area contributed by atoms with E-state index in [4.69, 9.17) is 9.47 Å². The maximum Gasteiger partial charge on any atom is 0.129 e. The van der Waals surface area contributed by atoms with E-state index in [1.54, 1.807) is 6.33 Å². The van der Waals surface area contributed by atoms with Gasteiger partial charge in [0.1, 0.15) is 12.1 Å². The highest BCUT2D eigenvalue weighted by Crippen LogP contribution is 2.40. The molecule has 0 radical (unpaired) electrons. The fourth-order valence-corrected chi connectivity index (χ4v) is 3.50. The lowest BCUT2D eigenvalue weighted by atomic mass is 9.72. The number of aryl methyl sites for hydroxylation is 1. The van der Waals surface area contributed by atoms with Crippen LogP contribution in [-0.2, 0) is 9.47 Å². The summed E-state index contributed by atoms with van der Waals surface area (Å²) in [5, 5.41) is 3.50. The largest absolute Gasteiger partial charge is 0.379 e. The summed E-state index contributed by atoms with van der Waals surface area (Å²) >= 11 is 0. The predicted molar refractivity (Wildman–Crippen MR) is 85.0 cm³/mol. The molecular weight excluding hydrogens is 280 g/mol. The van der Waals surface area contributed by atoms with Crippen LogP contribution in [0.3, 0.4) is 0 Å². The summed E-state index contributed by atoms with van der Waals surface area (Å²) in [4.78, 5) is 11.0. The summed E-state index contributed by atoms with van der Waals surface area (Å²) in [6, 6.07) is 1.99. The van der Waals surface area contributed by atoms with Gasteiger partial charge < -0.3 is 14.8 Å². The minimum Gasteiger partial charge on any atom is -0.379 e. The fraction of sp³-hybridized carbons (Fsp3) is 0.750. The molecule has 1 aromatic rings. The van der Waals surface area contributed by atoms with Crippen molar-refractivity contribution in [1.29, 1.82) is 0 Å². The Hall–Kier alpha value is -1.24. The molecule has 1 saturated carbocycles. The van der Waals surface area contributed by atoms with E-state index >= 15 is 0 Å². The van der Waals surface area contributed by atoms with Gasteiger partial charge in [0, 0.05) is 43.5 Å². The normalized spacial score (nSPS) is 29.1. The van der Waals surface area contributed by atoms with E-state index in [2.05, 4.69) is 27.1 Å². The Morgan fingerprint density at radius 2 is 2.14 bits per heavy atom.